The maximum Gasteiger partial charge on any atom is 0.162 e. The minimum absolute atomic E-state index is 0.623. The Kier molecular flexibility index (Phi) is 4.20. The van der Waals surface area contributed by atoms with Gasteiger partial charge in [0.1, 0.15) is 17.4 Å². The Morgan fingerprint density at radius 1 is 1.33 bits per heavy atom. The van der Waals surface area contributed by atoms with Gasteiger partial charge in [-0.25, -0.2) is 4.98 Å². The highest BCUT2D eigenvalue weighted by molar-refractivity contribution is 7.13. The summed E-state index contributed by atoms with van der Waals surface area (Å²) < 4.78 is 7.88. The number of aryl methyl sites for hydroxylation is 3. The SMILES string of the molecule is Cc1ccc(-c2nc(CNC[C@@H]3CCc4nnc(C)n4C3)cs2)o1. The van der Waals surface area contributed by atoms with Gasteiger partial charge in [0.05, 0.1) is 5.69 Å². The first-order valence-corrected chi connectivity index (χ1v) is 9.17. The van der Waals surface area contributed by atoms with Crippen molar-refractivity contribution in [3.05, 3.63) is 40.6 Å². The van der Waals surface area contributed by atoms with Gasteiger partial charge < -0.3 is 14.3 Å². The van der Waals surface area contributed by atoms with Crippen LogP contribution in [0.15, 0.2) is 21.9 Å². The van der Waals surface area contributed by atoms with Gasteiger partial charge >= 0.3 is 0 Å². The average Bonchev–Trinajstić information content (AvgIpc) is 3.29. The van der Waals surface area contributed by atoms with E-state index < -0.39 is 0 Å². The second kappa shape index (κ2) is 6.49. The molecule has 4 rings (SSSR count). The van der Waals surface area contributed by atoms with Crippen LogP contribution in [0.4, 0.5) is 0 Å². The van der Waals surface area contributed by atoms with Crippen molar-refractivity contribution in [3.8, 4) is 10.8 Å². The second-order valence-corrected chi connectivity index (χ2v) is 7.22. The first-order chi connectivity index (χ1) is 11.7. The first kappa shape index (κ1) is 15.5. The molecule has 3 aromatic rings. The Balaban J connectivity index is 1.30. The molecule has 0 radical (unpaired) electrons. The molecular weight excluding hydrogens is 322 g/mol. The summed E-state index contributed by atoms with van der Waals surface area (Å²) in [5.74, 6) is 4.54. The van der Waals surface area contributed by atoms with Gasteiger partial charge in [-0.3, -0.25) is 0 Å². The van der Waals surface area contributed by atoms with Crippen LogP contribution in [0.25, 0.3) is 10.8 Å². The number of hydrogen-bond acceptors (Lipinski definition) is 6. The maximum atomic E-state index is 5.63. The molecule has 126 valence electrons. The van der Waals surface area contributed by atoms with Crippen molar-refractivity contribution in [3.63, 3.8) is 0 Å². The van der Waals surface area contributed by atoms with E-state index in [-0.39, 0.29) is 0 Å². The second-order valence-electron chi connectivity index (χ2n) is 6.36. The Labute approximate surface area is 144 Å². The third-order valence-electron chi connectivity index (χ3n) is 4.47. The van der Waals surface area contributed by atoms with E-state index in [4.69, 9.17) is 4.42 Å². The number of rotatable bonds is 5. The summed E-state index contributed by atoms with van der Waals surface area (Å²) in [5.41, 5.74) is 1.07. The zero-order valence-electron chi connectivity index (χ0n) is 14.0. The molecule has 0 amide bonds. The summed E-state index contributed by atoms with van der Waals surface area (Å²) in [4.78, 5) is 4.66. The third-order valence-corrected chi connectivity index (χ3v) is 5.38. The minimum Gasteiger partial charge on any atom is -0.459 e. The number of fused-ring (bicyclic) bond motifs is 1. The van der Waals surface area contributed by atoms with E-state index in [9.17, 15) is 0 Å². The lowest BCUT2D eigenvalue weighted by atomic mass is 9.99. The molecule has 0 unspecified atom stereocenters. The lowest BCUT2D eigenvalue weighted by molar-refractivity contribution is 0.344. The number of thiazole rings is 1. The van der Waals surface area contributed by atoms with Crippen LogP contribution in [-0.4, -0.2) is 26.3 Å². The molecule has 0 aliphatic carbocycles. The van der Waals surface area contributed by atoms with E-state index in [0.29, 0.717) is 5.92 Å². The molecule has 24 heavy (non-hydrogen) atoms. The summed E-state index contributed by atoms with van der Waals surface area (Å²) >= 11 is 1.63. The van der Waals surface area contributed by atoms with Gasteiger partial charge in [0.15, 0.2) is 10.8 Å². The molecule has 0 saturated heterocycles. The van der Waals surface area contributed by atoms with E-state index in [2.05, 4.69) is 30.4 Å². The van der Waals surface area contributed by atoms with E-state index >= 15 is 0 Å². The van der Waals surface area contributed by atoms with E-state index in [1.807, 2.05) is 26.0 Å². The number of aromatic nitrogens is 4. The van der Waals surface area contributed by atoms with Gasteiger partial charge in [0, 0.05) is 31.4 Å². The normalized spacial score (nSPS) is 17.2. The van der Waals surface area contributed by atoms with Crippen LogP contribution in [0, 0.1) is 19.8 Å². The number of hydrogen-bond donors (Lipinski definition) is 1. The topological polar surface area (TPSA) is 68.8 Å². The molecule has 3 aromatic heterocycles. The molecule has 0 saturated carbocycles. The van der Waals surface area contributed by atoms with Crippen molar-refractivity contribution in [2.75, 3.05) is 6.54 Å². The van der Waals surface area contributed by atoms with Crippen LogP contribution in [0.5, 0.6) is 0 Å². The van der Waals surface area contributed by atoms with Gasteiger partial charge in [-0.1, -0.05) is 0 Å². The van der Waals surface area contributed by atoms with Gasteiger partial charge in [-0.2, -0.15) is 0 Å². The van der Waals surface area contributed by atoms with E-state index in [1.54, 1.807) is 11.3 Å². The maximum absolute atomic E-state index is 5.63. The summed E-state index contributed by atoms with van der Waals surface area (Å²) in [5, 5.41) is 15.0. The van der Waals surface area contributed by atoms with Crippen molar-refractivity contribution < 1.29 is 4.42 Å². The van der Waals surface area contributed by atoms with E-state index in [1.165, 1.54) is 6.42 Å². The van der Waals surface area contributed by atoms with Gasteiger partial charge in [0.2, 0.25) is 0 Å². The fraction of sp³-hybridized carbons (Fsp3) is 0.471. The van der Waals surface area contributed by atoms with Crippen molar-refractivity contribution in [2.45, 2.75) is 39.8 Å². The predicted molar refractivity (Wildman–Crippen MR) is 92.8 cm³/mol. The molecule has 0 aromatic carbocycles. The van der Waals surface area contributed by atoms with Crippen LogP contribution in [0.2, 0.25) is 0 Å². The Bertz CT molecular complexity index is 834. The fourth-order valence-corrected chi connectivity index (χ4v) is 3.93. The van der Waals surface area contributed by atoms with Crippen LogP contribution < -0.4 is 5.32 Å². The first-order valence-electron chi connectivity index (χ1n) is 8.29. The van der Waals surface area contributed by atoms with Crippen LogP contribution in [-0.2, 0) is 19.5 Å². The number of nitrogens with one attached hydrogen (secondary N) is 1. The van der Waals surface area contributed by atoms with Gasteiger partial charge in [0.25, 0.3) is 0 Å². The summed E-state index contributed by atoms with van der Waals surface area (Å²) in [7, 11) is 0. The summed E-state index contributed by atoms with van der Waals surface area (Å²) in [6, 6.07) is 3.95. The monoisotopic (exact) mass is 343 g/mol. The molecule has 6 nitrogen and oxygen atoms in total. The predicted octanol–water partition coefficient (Wildman–Crippen LogP) is 2.96. The summed E-state index contributed by atoms with van der Waals surface area (Å²) in [6.45, 7) is 6.77. The molecule has 0 bridgehead atoms. The molecule has 1 aliphatic rings. The fourth-order valence-electron chi connectivity index (χ4n) is 3.15. The zero-order chi connectivity index (χ0) is 16.5. The average molecular weight is 343 g/mol. The highest BCUT2D eigenvalue weighted by atomic mass is 32.1. The van der Waals surface area contributed by atoms with Crippen LogP contribution in [0.3, 0.4) is 0 Å². The highest BCUT2D eigenvalue weighted by Crippen LogP contribution is 2.25. The molecule has 1 N–H and O–H groups in total. The lowest BCUT2D eigenvalue weighted by Gasteiger charge is -2.24. The third kappa shape index (κ3) is 3.14. The van der Waals surface area contributed by atoms with Crippen molar-refractivity contribution in [2.24, 2.45) is 5.92 Å². The van der Waals surface area contributed by atoms with Crippen LogP contribution >= 0.6 is 11.3 Å². The van der Waals surface area contributed by atoms with E-state index in [0.717, 1.165) is 59.9 Å². The molecule has 1 aliphatic heterocycles. The Hall–Kier alpha value is -1.99. The highest BCUT2D eigenvalue weighted by Gasteiger charge is 2.21. The zero-order valence-corrected chi connectivity index (χ0v) is 14.8. The quantitative estimate of drug-likeness (QED) is 0.771. The molecule has 7 heteroatoms. The smallest absolute Gasteiger partial charge is 0.162 e. The van der Waals surface area contributed by atoms with Gasteiger partial charge in [-0.05, 0) is 38.3 Å². The molecular formula is C17H21N5OS. The number of furan rings is 1. The van der Waals surface area contributed by atoms with Crippen LogP contribution in [0.1, 0.15) is 29.5 Å². The Morgan fingerprint density at radius 2 is 2.25 bits per heavy atom. The Morgan fingerprint density at radius 3 is 3.08 bits per heavy atom. The van der Waals surface area contributed by atoms with Crippen molar-refractivity contribution >= 4 is 11.3 Å². The number of nitrogens with zero attached hydrogens (tertiary/aromatic N) is 4. The molecule has 0 spiro atoms. The van der Waals surface area contributed by atoms with Crippen molar-refractivity contribution in [1.29, 1.82) is 0 Å². The standard InChI is InChI=1S/C17H21N5OS/c1-11-3-5-15(23-11)17-19-14(10-24-17)8-18-7-13-4-6-16-21-20-12(2)22(16)9-13/h3,5,10,13,18H,4,6-9H2,1-2H3/t13-/m0/s1. The van der Waals surface area contributed by atoms with Crippen molar-refractivity contribution in [1.82, 2.24) is 25.1 Å². The largest absolute Gasteiger partial charge is 0.459 e. The van der Waals surface area contributed by atoms with Gasteiger partial charge in [-0.15, -0.1) is 21.5 Å². The molecule has 1 atom stereocenters. The minimum atomic E-state index is 0.623. The molecule has 4 heterocycles. The lowest BCUT2D eigenvalue weighted by Crippen LogP contribution is -2.30. The molecule has 0 fully saturated rings. The summed E-state index contributed by atoms with van der Waals surface area (Å²) in [6.07, 6.45) is 2.19.